The molecule has 0 radical (unpaired) electrons. The molecule has 0 spiro atoms. The number of hydrogen-bond donors (Lipinski definition) is 1. The van der Waals surface area contributed by atoms with Gasteiger partial charge in [-0.05, 0) is 51.9 Å². The van der Waals surface area contributed by atoms with E-state index in [2.05, 4.69) is 23.6 Å². The van der Waals surface area contributed by atoms with E-state index in [0.29, 0.717) is 5.92 Å². The summed E-state index contributed by atoms with van der Waals surface area (Å²) in [6, 6.07) is 0. The maximum atomic E-state index is 10.7. The molecule has 0 aromatic rings. The molecular formula is C16H32N2O. The normalized spacial score (nSPS) is 32.5. The van der Waals surface area contributed by atoms with Gasteiger partial charge in [0, 0.05) is 19.0 Å². The Morgan fingerprint density at radius 1 is 1.21 bits per heavy atom. The smallest absolute Gasteiger partial charge is 0.0700 e. The second-order valence-corrected chi connectivity index (χ2v) is 6.48. The number of rotatable bonds is 6. The maximum Gasteiger partial charge on any atom is 0.0700 e. The lowest BCUT2D eigenvalue weighted by Gasteiger charge is -2.47. The quantitative estimate of drug-likeness (QED) is 0.801. The van der Waals surface area contributed by atoms with Crippen LogP contribution in [0.2, 0.25) is 0 Å². The second kappa shape index (κ2) is 7.05. The van der Waals surface area contributed by atoms with Crippen LogP contribution in [0, 0.1) is 5.92 Å². The van der Waals surface area contributed by atoms with Crippen molar-refractivity contribution >= 4 is 0 Å². The fourth-order valence-electron chi connectivity index (χ4n) is 3.90. The monoisotopic (exact) mass is 268 g/mol. The first-order valence-electron chi connectivity index (χ1n) is 8.35. The first kappa shape index (κ1) is 15.3. The van der Waals surface area contributed by atoms with Crippen LogP contribution in [0.3, 0.4) is 0 Å². The van der Waals surface area contributed by atoms with E-state index in [1.165, 1.54) is 51.9 Å². The van der Waals surface area contributed by atoms with Crippen molar-refractivity contribution < 1.29 is 5.11 Å². The van der Waals surface area contributed by atoms with Gasteiger partial charge >= 0.3 is 0 Å². The van der Waals surface area contributed by atoms with Crippen LogP contribution < -0.4 is 0 Å². The molecule has 0 amide bonds. The SMILES string of the molecule is CCN(CC)CCCN1CC[C@]2(O)CCCC[C@@H]2C1. The largest absolute Gasteiger partial charge is 0.390 e. The van der Waals surface area contributed by atoms with Gasteiger partial charge in [0.05, 0.1) is 5.60 Å². The van der Waals surface area contributed by atoms with E-state index >= 15 is 0 Å². The summed E-state index contributed by atoms with van der Waals surface area (Å²) in [6.07, 6.45) is 7.11. The van der Waals surface area contributed by atoms with Crippen molar-refractivity contribution in [2.45, 2.75) is 58.0 Å². The molecule has 1 heterocycles. The van der Waals surface area contributed by atoms with Crippen molar-refractivity contribution in [1.29, 1.82) is 0 Å². The van der Waals surface area contributed by atoms with Crippen LogP contribution in [0.25, 0.3) is 0 Å². The Bertz CT molecular complexity index is 267. The predicted molar refractivity (Wildman–Crippen MR) is 80.4 cm³/mol. The van der Waals surface area contributed by atoms with Gasteiger partial charge in [0.1, 0.15) is 0 Å². The molecule has 0 aromatic carbocycles. The fraction of sp³-hybridized carbons (Fsp3) is 1.00. The molecule has 19 heavy (non-hydrogen) atoms. The van der Waals surface area contributed by atoms with E-state index in [1.807, 2.05) is 0 Å². The van der Waals surface area contributed by atoms with Gasteiger partial charge in [0.2, 0.25) is 0 Å². The highest BCUT2D eigenvalue weighted by Crippen LogP contribution is 2.39. The predicted octanol–water partition coefficient (Wildman–Crippen LogP) is 2.35. The van der Waals surface area contributed by atoms with E-state index in [9.17, 15) is 5.11 Å². The number of aliphatic hydroxyl groups is 1. The van der Waals surface area contributed by atoms with E-state index in [1.54, 1.807) is 0 Å². The number of fused-ring (bicyclic) bond motifs is 1. The highest BCUT2D eigenvalue weighted by atomic mass is 16.3. The zero-order chi connectivity index (χ0) is 13.7. The van der Waals surface area contributed by atoms with Gasteiger partial charge in [-0.2, -0.15) is 0 Å². The average molecular weight is 268 g/mol. The first-order valence-corrected chi connectivity index (χ1v) is 8.35. The maximum absolute atomic E-state index is 10.7. The summed E-state index contributed by atoms with van der Waals surface area (Å²) >= 11 is 0. The van der Waals surface area contributed by atoms with Gasteiger partial charge in [-0.15, -0.1) is 0 Å². The first-order chi connectivity index (χ1) is 9.18. The molecule has 1 saturated carbocycles. The van der Waals surface area contributed by atoms with E-state index < -0.39 is 0 Å². The van der Waals surface area contributed by atoms with Gasteiger partial charge < -0.3 is 14.9 Å². The molecule has 112 valence electrons. The van der Waals surface area contributed by atoms with Gasteiger partial charge in [-0.25, -0.2) is 0 Å². The molecule has 0 aromatic heterocycles. The topological polar surface area (TPSA) is 26.7 Å². The molecule has 2 atom stereocenters. The van der Waals surface area contributed by atoms with Crippen molar-refractivity contribution in [3.8, 4) is 0 Å². The molecule has 0 unspecified atom stereocenters. The third kappa shape index (κ3) is 3.93. The molecule has 2 aliphatic rings. The lowest BCUT2D eigenvalue weighted by Crippen LogP contribution is -2.53. The summed E-state index contributed by atoms with van der Waals surface area (Å²) in [4.78, 5) is 5.09. The van der Waals surface area contributed by atoms with Crippen LogP contribution in [0.5, 0.6) is 0 Å². The summed E-state index contributed by atoms with van der Waals surface area (Å²) < 4.78 is 0. The lowest BCUT2D eigenvalue weighted by atomic mass is 9.71. The Hall–Kier alpha value is -0.120. The van der Waals surface area contributed by atoms with Crippen LogP contribution in [0.4, 0.5) is 0 Å². The number of likely N-dealkylation sites (tertiary alicyclic amines) is 1. The van der Waals surface area contributed by atoms with E-state index in [0.717, 1.165) is 25.9 Å². The van der Waals surface area contributed by atoms with Crippen molar-refractivity contribution in [2.75, 3.05) is 39.3 Å². The summed E-state index contributed by atoms with van der Waals surface area (Å²) in [5, 5.41) is 10.7. The third-order valence-corrected chi connectivity index (χ3v) is 5.35. The molecule has 1 aliphatic carbocycles. The van der Waals surface area contributed by atoms with E-state index in [4.69, 9.17) is 0 Å². The minimum atomic E-state index is -0.312. The molecule has 0 bridgehead atoms. The highest BCUT2D eigenvalue weighted by Gasteiger charge is 2.42. The molecule has 3 nitrogen and oxygen atoms in total. The van der Waals surface area contributed by atoms with Crippen LogP contribution in [0.1, 0.15) is 52.4 Å². The van der Waals surface area contributed by atoms with E-state index in [-0.39, 0.29) is 5.60 Å². The van der Waals surface area contributed by atoms with Crippen LogP contribution >= 0.6 is 0 Å². The summed E-state index contributed by atoms with van der Waals surface area (Å²) in [7, 11) is 0. The number of hydrogen-bond acceptors (Lipinski definition) is 3. The second-order valence-electron chi connectivity index (χ2n) is 6.48. The van der Waals surface area contributed by atoms with Crippen molar-refractivity contribution in [3.05, 3.63) is 0 Å². The van der Waals surface area contributed by atoms with Gasteiger partial charge in [0.15, 0.2) is 0 Å². The Kier molecular flexibility index (Phi) is 5.67. The average Bonchev–Trinajstić information content (AvgIpc) is 2.43. The zero-order valence-electron chi connectivity index (χ0n) is 12.9. The Labute approximate surface area is 119 Å². The van der Waals surface area contributed by atoms with Crippen molar-refractivity contribution in [2.24, 2.45) is 5.92 Å². The molecule has 1 aliphatic heterocycles. The van der Waals surface area contributed by atoms with Gasteiger partial charge in [0.25, 0.3) is 0 Å². The minimum Gasteiger partial charge on any atom is -0.390 e. The van der Waals surface area contributed by atoms with Crippen LogP contribution in [-0.2, 0) is 0 Å². The molecular weight excluding hydrogens is 236 g/mol. The summed E-state index contributed by atoms with van der Waals surface area (Å²) in [6.45, 7) is 11.5. The van der Waals surface area contributed by atoms with Crippen LogP contribution in [0.15, 0.2) is 0 Å². The summed E-state index contributed by atoms with van der Waals surface area (Å²) in [5.41, 5.74) is -0.312. The van der Waals surface area contributed by atoms with Crippen molar-refractivity contribution in [3.63, 3.8) is 0 Å². The van der Waals surface area contributed by atoms with Gasteiger partial charge in [-0.3, -0.25) is 0 Å². The van der Waals surface area contributed by atoms with Gasteiger partial charge in [-0.1, -0.05) is 26.7 Å². The minimum absolute atomic E-state index is 0.312. The molecule has 2 rings (SSSR count). The lowest BCUT2D eigenvalue weighted by molar-refractivity contribution is -0.0954. The molecule has 1 saturated heterocycles. The van der Waals surface area contributed by atoms with Crippen molar-refractivity contribution in [1.82, 2.24) is 9.80 Å². The molecule has 1 N–H and O–H groups in total. The Morgan fingerprint density at radius 3 is 2.74 bits per heavy atom. The third-order valence-electron chi connectivity index (χ3n) is 5.35. The number of nitrogens with zero attached hydrogens (tertiary/aromatic N) is 2. The van der Waals surface area contributed by atoms with Crippen LogP contribution in [-0.4, -0.2) is 59.8 Å². The zero-order valence-corrected chi connectivity index (χ0v) is 12.9. The highest BCUT2D eigenvalue weighted by molar-refractivity contribution is 4.95. The molecule has 2 fully saturated rings. The Morgan fingerprint density at radius 2 is 2.00 bits per heavy atom. The Balaban J connectivity index is 1.72. The summed E-state index contributed by atoms with van der Waals surface area (Å²) in [5.74, 6) is 0.545. The fourth-order valence-corrected chi connectivity index (χ4v) is 3.90. The number of piperidine rings is 1. The standard InChI is InChI=1S/C16H32N2O/c1-3-17(4-2)11-7-12-18-13-10-16(19)9-6-5-8-15(16)14-18/h15,19H,3-14H2,1-2H3/t15-,16-/m1/s1. The molecule has 3 heteroatoms.